The average Bonchev–Trinajstić information content (AvgIpc) is 2.92. The number of nitrogens with zero attached hydrogens (tertiary/aromatic N) is 1. The standard InChI is InChI=1S/C15H28N2S/c1-3-11-17-15(4-2,13-16)10-7-12-18-14-8-5-6-9-14/h14,17H,3-12H2,1-2H3. The van der Waals surface area contributed by atoms with E-state index in [1.165, 1.54) is 37.9 Å². The van der Waals surface area contributed by atoms with Crippen molar-refractivity contribution in [2.24, 2.45) is 0 Å². The second-order valence-electron chi connectivity index (χ2n) is 5.36. The van der Waals surface area contributed by atoms with Gasteiger partial charge in [0.1, 0.15) is 5.54 Å². The zero-order valence-corrected chi connectivity index (χ0v) is 12.8. The Hall–Kier alpha value is -0.200. The molecule has 1 saturated carbocycles. The summed E-state index contributed by atoms with van der Waals surface area (Å²) in [6.07, 6.45) is 9.85. The van der Waals surface area contributed by atoms with E-state index in [0.29, 0.717) is 0 Å². The third-order valence-corrected chi connectivity index (χ3v) is 5.40. The monoisotopic (exact) mass is 268 g/mol. The highest BCUT2D eigenvalue weighted by Crippen LogP contribution is 2.30. The predicted molar refractivity (Wildman–Crippen MR) is 80.9 cm³/mol. The highest BCUT2D eigenvalue weighted by Gasteiger charge is 2.26. The van der Waals surface area contributed by atoms with Crippen LogP contribution in [0.3, 0.4) is 0 Å². The van der Waals surface area contributed by atoms with Crippen LogP contribution in [0.1, 0.15) is 65.2 Å². The molecule has 1 fully saturated rings. The van der Waals surface area contributed by atoms with E-state index in [-0.39, 0.29) is 5.54 Å². The molecule has 1 atom stereocenters. The first-order chi connectivity index (χ1) is 8.76. The Morgan fingerprint density at radius 1 is 1.33 bits per heavy atom. The number of nitriles is 1. The largest absolute Gasteiger partial charge is 0.299 e. The number of thioether (sulfide) groups is 1. The second kappa shape index (κ2) is 8.82. The predicted octanol–water partition coefficient (Wildman–Crippen LogP) is 4.11. The molecule has 104 valence electrons. The van der Waals surface area contributed by atoms with Gasteiger partial charge in [0.15, 0.2) is 0 Å². The van der Waals surface area contributed by atoms with E-state index in [1.54, 1.807) is 0 Å². The van der Waals surface area contributed by atoms with E-state index < -0.39 is 0 Å². The van der Waals surface area contributed by atoms with E-state index in [9.17, 15) is 5.26 Å². The maximum Gasteiger partial charge on any atom is 0.106 e. The van der Waals surface area contributed by atoms with E-state index in [0.717, 1.165) is 31.1 Å². The van der Waals surface area contributed by atoms with Crippen molar-refractivity contribution < 1.29 is 0 Å². The quantitative estimate of drug-likeness (QED) is 0.639. The lowest BCUT2D eigenvalue weighted by Crippen LogP contribution is -2.43. The average molecular weight is 268 g/mol. The zero-order valence-electron chi connectivity index (χ0n) is 12.0. The van der Waals surface area contributed by atoms with Crippen LogP contribution in [0.15, 0.2) is 0 Å². The Balaban J connectivity index is 2.22. The van der Waals surface area contributed by atoms with Gasteiger partial charge < -0.3 is 0 Å². The van der Waals surface area contributed by atoms with Crippen LogP contribution >= 0.6 is 11.8 Å². The molecule has 0 radical (unpaired) electrons. The second-order valence-corrected chi connectivity index (χ2v) is 6.76. The Labute approximate surface area is 117 Å². The van der Waals surface area contributed by atoms with Gasteiger partial charge in [-0.2, -0.15) is 17.0 Å². The van der Waals surface area contributed by atoms with Crippen molar-refractivity contribution in [3.63, 3.8) is 0 Å². The van der Waals surface area contributed by atoms with Crippen LogP contribution in [-0.2, 0) is 0 Å². The summed E-state index contributed by atoms with van der Waals surface area (Å²) in [7, 11) is 0. The number of nitrogens with one attached hydrogen (secondary N) is 1. The Morgan fingerprint density at radius 3 is 2.61 bits per heavy atom. The van der Waals surface area contributed by atoms with Gasteiger partial charge in [0, 0.05) is 5.25 Å². The van der Waals surface area contributed by atoms with Crippen LogP contribution in [0.4, 0.5) is 0 Å². The molecule has 3 heteroatoms. The molecule has 0 aromatic rings. The number of rotatable bonds is 9. The minimum atomic E-state index is -0.272. The van der Waals surface area contributed by atoms with E-state index in [4.69, 9.17) is 0 Å². The summed E-state index contributed by atoms with van der Waals surface area (Å²) in [6, 6.07) is 2.51. The van der Waals surface area contributed by atoms with Gasteiger partial charge in [-0.1, -0.05) is 26.7 Å². The number of hydrogen-bond donors (Lipinski definition) is 1. The van der Waals surface area contributed by atoms with E-state index >= 15 is 0 Å². The maximum atomic E-state index is 9.39. The van der Waals surface area contributed by atoms with Gasteiger partial charge in [-0.05, 0) is 50.8 Å². The lowest BCUT2D eigenvalue weighted by atomic mass is 9.92. The molecule has 0 spiro atoms. The SMILES string of the molecule is CCCNC(C#N)(CC)CCCSC1CCCC1. The van der Waals surface area contributed by atoms with Crippen LogP contribution in [0.25, 0.3) is 0 Å². The Kier molecular flexibility index (Phi) is 7.77. The maximum absolute atomic E-state index is 9.39. The summed E-state index contributed by atoms with van der Waals surface area (Å²) in [5.41, 5.74) is -0.272. The van der Waals surface area contributed by atoms with E-state index in [1.807, 2.05) is 0 Å². The van der Waals surface area contributed by atoms with Gasteiger partial charge in [-0.25, -0.2) is 0 Å². The van der Waals surface area contributed by atoms with Gasteiger partial charge >= 0.3 is 0 Å². The highest BCUT2D eigenvalue weighted by atomic mass is 32.2. The smallest absolute Gasteiger partial charge is 0.106 e. The van der Waals surface area contributed by atoms with Crippen LogP contribution in [0.5, 0.6) is 0 Å². The molecule has 1 unspecified atom stereocenters. The van der Waals surface area contributed by atoms with Crippen LogP contribution in [0.2, 0.25) is 0 Å². The van der Waals surface area contributed by atoms with Crippen molar-refractivity contribution >= 4 is 11.8 Å². The molecule has 0 aromatic carbocycles. The minimum Gasteiger partial charge on any atom is -0.299 e. The topological polar surface area (TPSA) is 35.8 Å². The first kappa shape index (κ1) is 15.9. The first-order valence-electron chi connectivity index (χ1n) is 7.54. The summed E-state index contributed by atoms with van der Waals surface area (Å²) in [4.78, 5) is 0. The highest BCUT2D eigenvalue weighted by molar-refractivity contribution is 7.99. The molecule has 0 bridgehead atoms. The summed E-state index contributed by atoms with van der Waals surface area (Å²) in [5, 5.41) is 13.7. The van der Waals surface area contributed by atoms with Gasteiger partial charge in [0.05, 0.1) is 6.07 Å². The number of hydrogen-bond acceptors (Lipinski definition) is 3. The van der Waals surface area contributed by atoms with Crippen LogP contribution in [-0.4, -0.2) is 23.1 Å². The molecule has 0 aromatic heterocycles. The molecule has 0 heterocycles. The fraction of sp³-hybridized carbons (Fsp3) is 0.933. The normalized spacial score (nSPS) is 19.6. The van der Waals surface area contributed by atoms with Crippen molar-refractivity contribution in [1.82, 2.24) is 5.32 Å². The summed E-state index contributed by atoms with van der Waals surface area (Å²) < 4.78 is 0. The molecule has 0 saturated heterocycles. The van der Waals surface area contributed by atoms with Crippen LogP contribution < -0.4 is 5.32 Å². The van der Waals surface area contributed by atoms with Crippen LogP contribution in [0, 0.1) is 11.3 Å². The van der Waals surface area contributed by atoms with Gasteiger partial charge in [0.2, 0.25) is 0 Å². The molecule has 1 rings (SSSR count). The summed E-state index contributed by atoms with van der Waals surface area (Å²) in [5.74, 6) is 1.22. The fourth-order valence-corrected chi connectivity index (χ4v) is 3.92. The lowest BCUT2D eigenvalue weighted by Gasteiger charge is -2.26. The molecule has 0 amide bonds. The van der Waals surface area contributed by atoms with Crippen molar-refractivity contribution in [3.8, 4) is 6.07 Å². The third-order valence-electron chi connectivity index (χ3n) is 3.93. The fourth-order valence-electron chi connectivity index (χ4n) is 2.61. The summed E-state index contributed by atoms with van der Waals surface area (Å²) >= 11 is 2.13. The van der Waals surface area contributed by atoms with Gasteiger partial charge in [-0.15, -0.1) is 0 Å². The molecular formula is C15H28N2S. The first-order valence-corrected chi connectivity index (χ1v) is 8.59. The third kappa shape index (κ3) is 5.20. The molecular weight excluding hydrogens is 240 g/mol. The molecule has 18 heavy (non-hydrogen) atoms. The Bertz CT molecular complexity index is 256. The minimum absolute atomic E-state index is 0.272. The van der Waals surface area contributed by atoms with Gasteiger partial charge in [0.25, 0.3) is 0 Å². The van der Waals surface area contributed by atoms with Gasteiger partial charge in [-0.3, -0.25) is 5.32 Å². The summed E-state index contributed by atoms with van der Waals surface area (Å²) in [6.45, 7) is 5.23. The molecule has 0 aliphatic heterocycles. The van der Waals surface area contributed by atoms with Crippen molar-refractivity contribution in [2.75, 3.05) is 12.3 Å². The van der Waals surface area contributed by atoms with Crippen molar-refractivity contribution in [2.45, 2.75) is 76.0 Å². The zero-order chi connectivity index (χ0) is 13.3. The van der Waals surface area contributed by atoms with E-state index in [2.05, 4.69) is 37.0 Å². The molecule has 1 N–H and O–H groups in total. The lowest BCUT2D eigenvalue weighted by molar-refractivity contribution is 0.371. The molecule has 2 nitrogen and oxygen atoms in total. The molecule has 1 aliphatic rings. The Morgan fingerprint density at radius 2 is 2.06 bits per heavy atom. The van der Waals surface area contributed by atoms with Crippen molar-refractivity contribution in [1.29, 1.82) is 5.26 Å². The molecule has 1 aliphatic carbocycles. The van der Waals surface area contributed by atoms with Crippen molar-refractivity contribution in [3.05, 3.63) is 0 Å².